The number of nitrogens with one attached hydrogen (secondary N) is 1. The molecule has 0 bridgehead atoms. The van der Waals surface area contributed by atoms with E-state index in [2.05, 4.69) is 5.32 Å². The molecule has 104 valence electrons. The van der Waals surface area contributed by atoms with Gasteiger partial charge in [-0.1, -0.05) is 18.2 Å². The van der Waals surface area contributed by atoms with Crippen LogP contribution in [-0.2, 0) is 6.42 Å². The number of methoxy groups -OCH3 is 1. The van der Waals surface area contributed by atoms with Gasteiger partial charge >= 0.3 is 0 Å². The van der Waals surface area contributed by atoms with Crippen molar-refractivity contribution in [1.82, 2.24) is 5.32 Å². The summed E-state index contributed by atoms with van der Waals surface area (Å²) in [6.45, 7) is 0.570. The maximum atomic E-state index is 11.9. The second-order valence-corrected chi connectivity index (χ2v) is 4.48. The lowest BCUT2D eigenvalue weighted by Crippen LogP contribution is -2.25. The molecule has 0 aliphatic rings. The van der Waals surface area contributed by atoms with Gasteiger partial charge in [0.15, 0.2) is 0 Å². The summed E-state index contributed by atoms with van der Waals surface area (Å²) in [7, 11) is 1.64. The summed E-state index contributed by atoms with van der Waals surface area (Å²) in [5.41, 5.74) is 7.94. The van der Waals surface area contributed by atoms with Crippen LogP contribution in [0.3, 0.4) is 0 Å². The summed E-state index contributed by atoms with van der Waals surface area (Å²) in [5.74, 6) is 0.713. The first-order valence-corrected chi connectivity index (χ1v) is 6.46. The number of carbonyl (C=O) groups is 1. The molecule has 1 amide bonds. The lowest BCUT2D eigenvalue weighted by atomic mass is 10.1. The van der Waals surface area contributed by atoms with Crippen molar-refractivity contribution >= 4 is 11.6 Å². The number of amides is 1. The SMILES string of the molecule is COc1cccc(CCNC(=O)c2cccc(N)c2)c1. The summed E-state index contributed by atoms with van der Waals surface area (Å²) in [6.07, 6.45) is 0.755. The van der Waals surface area contributed by atoms with E-state index >= 15 is 0 Å². The van der Waals surface area contributed by atoms with Gasteiger partial charge in [-0.3, -0.25) is 4.79 Å². The van der Waals surface area contributed by atoms with Crippen molar-refractivity contribution in [3.05, 3.63) is 59.7 Å². The fraction of sp³-hybridized carbons (Fsp3) is 0.188. The quantitative estimate of drug-likeness (QED) is 0.819. The summed E-state index contributed by atoms with van der Waals surface area (Å²) in [6, 6.07) is 14.8. The lowest BCUT2D eigenvalue weighted by Gasteiger charge is -2.07. The molecule has 20 heavy (non-hydrogen) atoms. The van der Waals surface area contributed by atoms with Crippen LogP contribution in [0.5, 0.6) is 5.75 Å². The third-order valence-corrected chi connectivity index (χ3v) is 2.98. The Kier molecular flexibility index (Phi) is 4.60. The van der Waals surface area contributed by atoms with Gasteiger partial charge in [-0.15, -0.1) is 0 Å². The first-order chi connectivity index (χ1) is 9.69. The van der Waals surface area contributed by atoms with Crippen molar-refractivity contribution in [2.45, 2.75) is 6.42 Å². The van der Waals surface area contributed by atoms with Gasteiger partial charge in [0.2, 0.25) is 0 Å². The van der Waals surface area contributed by atoms with Crippen LogP contribution in [0.1, 0.15) is 15.9 Å². The van der Waals surface area contributed by atoms with Crippen molar-refractivity contribution < 1.29 is 9.53 Å². The van der Waals surface area contributed by atoms with Crippen LogP contribution in [0.2, 0.25) is 0 Å². The minimum Gasteiger partial charge on any atom is -0.497 e. The second-order valence-electron chi connectivity index (χ2n) is 4.48. The van der Waals surface area contributed by atoms with Crippen LogP contribution in [0.25, 0.3) is 0 Å². The van der Waals surface area contributed by atoms with E-state index in [9.17, 15) is 4.79 Å². The Labute approximate surface area is 118 Å². The minimum absolute atomic E-state index is 0.111. The van der Waals surface area contributed by atoms with E-state index < -0.39 is 0 Å². The molecule has 0 heterocycles. The summed E-state index contributed by atoms with van der Waals surface area (Å²) in [4.78, 5) is 11.9. The molecule has 0 atom stereocenters. The molecule has 0 fully saturated rings. The number of carbonyl (C=O) groups excluding carboxylic acids is 1. The van der Waals surface area contributed by atoms with Crippen molar-refractivity contribution in [2.75, 3.05) is 19.4 Å². The maximum absolute atomic E-state index is 11.9. The minimum atomic E-state index is -0.111. The van der Waals surface area contributed by atoms with Gasteiger partial charge in [-0.25, -0.2) is 0 Å². The average molecular weight is 270 g/mol. The molecule has 2 aromatic rings. The van der Waals surface area contributed by atoms with Crippen LogP contribution < -0.4 is 15.8 Å². The number of nitrogens with two attached hydrogens (primary N) is 1. The predicted octanol–water partition coefficient (Wildman–Crippen LogP) is 2.25. The molecule has 2 rings (SSSR count). The summed E-state index contributed by atoms with van der Waals surface area (Å²) >= 11 is 0. The Morgan fingerprint density at radius 1 is 1.20 bits per heavy atom. The predicted molar refractivity (Wildman–Crippen MR) is 79.9 cm³/mol. The van der Waals surface area contributed by atoms with Crippen LogP contribution in [0.4, 0.5) is 5.69 Å². The maximum Gasteiger partial charge on any atom is 0.251 e. The smallest absolute Gasteiger partial charge is 0.251 e. The number of ether oxygens (including phenoxy) is 1. The highest BCUT2D eigenvalue weighted by Crippen LogP contribution is 2.12. The molecular formula is C16H18N2O2. The number of hydrogen-bond acceptors (Lipinski definition) is 3. The zero-order chi connectivity index (χ0) is 14.4. The molecule has 3 N–H and O–H groups in total. The molecule has 0 saturated carbocycles. The Morgan fingerprint density at radius 2 is 2.00 bits per heavy atom. The van der Waals surface area contributed by atoms with E-state index in [4.69, 9.17) is 10.5 Å². The lowest BCUT2D eigenvalue weighted by molar-refractivity contribution is 0.0954. The molecule has 4 nitrogen and oxygen atoms in total. The number of nitrogen functional groups attached to an aromatic ring is 1. The van der Waals surface area contributed by atoms with E-state index in [0.29, 0.717) is 17.8 Å². The van der Waals surface area contributed by atoms with Gasteiger partial charge in [0.1, 0.15) is 5.75 Å². The van der Waals surface area contributed by atoms with E-state index in [-0.39, 0.29) is 5.91 Å². The normalized spacial score (nSPS) is 10.1. The largest absolute Gasteiger partial charge is 0.497 e. The van der Waals surface area contributed by atoms with Crippen LogP contribution in [0.15, 0.2) is 48.5 Å². The fourth-order valence-corrected chi connectivity index (χ4v) is 1.93. The van der Waals surface area contributed by atoms with Crippen molar-refractivity contribution in [3.8, 4) is 5.75 Å². The standard InChI is InChI=1S/C16H18N2O2/c1-20-15-7-2-4-12(10-15)8-9-18-16(19)13-5-3-6-14(17)11-13/h2-7,10-11H,8-9,17H2,1H3,(H,18,19). The van der Waals surface area contributed by atoms with Gasteiger partial charge in [0.25, 0.3) is 5.91 Å². The number of benzene rings is 2. The van der Waals surface area contributed by atoms with E-state index in [1.165, 1.54) is 0 Å². The van der Waals surface area contributed by atoms with Gasteiger partial charge < -0.3 is 15.8 Å². The first kappa shape index (κ1) is 13.9. The molecule has 0 radical (unpaired) electrons. The monoisotopic (exact) mass is 270 g/mol. The van der Waals surface area contributed by atoms with Gasteiger partial charge in [-0.05, 0) is 42.3 Å². The molecule has 0 spiro atoms. The molecule has 0 aromatic heterocycles. The van der Waals surface area contributed by atoms with Crippen LogP contribution in [-0.4, -0.2) is 19.6 Å². The summed E-state index contributed by atoms with van der Waals surface area (Å²) < 4.78 is 5.16. The van der Waals surface area contributed by atoms with Gasteiger partial charge in [0, 0.05) is 17.8 Å². The molecule has 0 aliphatic heterocycles. The molecule has 0 saturated heterocycles. The van der Waals surface area contributed by atoms with Crippen molar-refractivity contribution in [2.24, 2.45) is 0 Å². The van der Waals surface area contributed by atoms with E-state index in [1.54, 1.807) is 31.4 Å². The number of rotatable bonds is 5. The Hall–Kier alpha value is -2.49. The number of hydrogen-bond donors (Lipinski definition) is 2. The van der Waals surface area contributed by atoms with E-state index in [1.807, 2.05) is 24.3 Å². The third kappa shape index (κ3) is 3.75. The average Bonchev–Trinajstić information content (AvgIpc) is 2.47. The first-order valence-electron chi connectivity index (χ1n) is 6.46. The van der Waals surface area contributed by atoms with Crippen molar-refractivity contribution in [1.29, 1.82) is 0 Å². The molecule has 0 unspecified atom stereocenters. The zero-order valence-corrected chi connectivity index (χ0v) is 11.4. The highest BCUT2D eigenvalue weighted by Gasteiger charge is 2.05. The number of anilines is 1. The molecule has 4 heteroatoms. The molecule has 2 aromatic carbocycles. The van der Waals surface area contributed by atoms with Crippen molar-refractivity contribution in [3.63, 3.8) is 0 Å². The zero-order valence-electron chi connectivity index (χ0n) is 11.4. The highest BCUT2D eigenvalue weighted by atomic mass is 16.5. The van der Waals surface area contributed by atoms with Crippen LogP contribution >= 0.6 is 0 Å². The van der Waals surface area contributed by atoms with Crippen LogP contribution in [0, 0.1) is 0 Å². The summed E-state index contributed by atoms with van der Waals surface area (Å²) in [5, 5.41) is 2.88. The Balaban J connectivity index is 1.88. The second kappa shape index (κ2) is 6.61. The Morgan fingerprint density at radius 3 is 2.75 bits per heavy atom. The molecular weight excluding hydrogens is 252 g/mol. The third-order valence-electron chi connectivity index (χ3n) is 2.98. The molecule has 0 aliphatic carbocycles. The van der Waals surface area contributed by atoms with E-state index in [0.717, 1.165) is 17.7 Å². The fourth-order valence-electron chi connectivity index (χ4n) is 1.93. The highest BCUT2D eigenvalue weighted by molar-refractivity contribution is 5.94. The Bertz CT molecular complexity index is 597. The van der Waals surface area contributed by atoms with Gasteiger partial charge in [0.05, 0.1) is 7.11 Å². The topological polar surface area (TPSA) is 64.3 Å². The van der Waals surface area contributed by atoms with Gasteiger partial charge in [-0.2, -0.15) is 0 Å².